The Bertz CT molecular complexity index is 435. The molecule has 0 aliphatic rings. The molecule has 0 saturated carbocycles. The van der Waals surface area contributed by atoms with Crippen LogP contribution in [0.25, 0.3) is 5.69 Å². The van der Waals surface area contributed by atoms with Gasteiger partial charge in [-0.2, -0.15) is 9.90 Å². The highest BCUT2D eigenvalue weighted by molar-refractivity contribution is 5.75. The van der Waals surface area contributed by atoms with Crippen molar-refractivity contribution in [3.05, 3.63) is 42.2 Å². The van der Waals surface area contributed by atoms with Gasteiger partial charge in [-0.25, -0.2) is 0 Å². The molecule has 0 bridgehead atoms. The van der Waals surface area contributed by atoms with Gasteiger partial charge < -0.3 is 5.21 Å². The summed E-state index contributed by atoms with van der Waals surface area (Å²) in [5.41, 5.74) is 1.38. The summed E-state index contributed by atoms with van der Waals surface area (Å²) < 4.78 is 0. The Morgan fingerprint density at radius 3 is 2.79 bits per heavy atom. The zero-order chi connectivity index (χ0) is 9.80. The fourth-order valence-electron chi connectivity index (χ4n) is 1.08. The first kappa shape index (κ1) is 8.43. The first-order valence-corrected chi connectivity index (χ1v) is 4.05. The van der Waals surface area contributed by atoms with Crippen molar-refractivity contribution in [2.24, 2.45) is 5.16 Å². The second kappa shape index (κ2) is 3.69. The number of nitrogens with zero attached hydrogens (tertiary/aromatic N) is 4. The van der Waals surface area contributed by atoms with Crippen molar-refractivity contribution in [1.29, 1.82) is 0 Å². The molecule has 1 aromatic heterocycles. The van der Waals surface area contributed by atoms with E-state index < -0.39 is 0 Å². The number of hydrogen-bond donors (Lipinski definition) is 1. The lowest BCUT2D eigenvalue weighted by Crippen LogP contribution is -1.98. The molecule has 2 aromatic rings. The van der Waals surface area contributed by atoms with Crippen molar-refractivity contribution < 1.29 is 5.21 Å². The van der Waals surface area contributed by atoms with Crippen molar-refractivity contribution in [2.45, 2.75) is 0 Å². The topological polar surface area (TPSA) is 63.3 Å². The average molecular weight is 188 g/mol. The molecule has 0 spiro atoms. The van der Waals surface area contributed by atoms with Crippen LogP contribution < -0.4 is 0 Å². The highest BCUT2D eigenvalue weighted by Crippen LogP contribution is 2.02. The molecule has 0 aliphatic heterocycles. The van der Waals surface area contributed by atoms with Crippen LogP contribution in [-0.4, -0.2) is 26.4 Å². The van der Waals surface area contributed by atoms with Crippen LogP contribution in [0.15, 0.2) is 41.7 Å². The van der Waals surface area contributed by atoms with Crippen LogP contribution in [-0.2, 0) is 0 Å². The first-order valence-electron chi connectivity index (χ1n) is 4.05. The molecule has 70 valence electrons. The number of benzene rings is 1. The maximum absolute atomic E-state index is 8.29. The molecule has 0 saturated heterocycles. The zero-order valence-corrected chi connectivity index (χ0v) is 7.28. The van der Waals surface area contributed by atoms with Crippen LogP contribution in [0.3, 0.4) is 0 Å². The number of para-hydroxylation sites is 1. The molecular weight excluding hydrogens is 180 g/mol. The first-order chi connectivity index (χ1) is 6.90. The van der Waals surface area contributed by atoms with Gasteiger partial charge in [-0.1, -0.05) is 23.4 Å². The number of aromatic nitrogens is 3. The molecule has 0 atom stereocenters. The minimum Gasteiger partial charge on any atom is -0.411 e. The minimum absolute atomic E-state index is 0.511. The molecular formula is C9H8N4O. The summed E-state index contributed by atoms with van der Waals surface area (Å²) in [5.74, 6) is 0. The normalized spacial score (nSPS) is 10.9. The summed E-state index contributed by atoms with van der Waals surface area (Å²) in [6.07, 6.45) is 2.75. The second-order valence-corrected chi connectivity index (χ2v) is 2.64. The van der Waals surface area contributed by atoms with Crippen molar-refractivity contribution >= 4 is 6.21 Å². The van der Waals surface area contributed by atoms with Gasteiger partial charge in [0.2, 0.25) is 0 Å². The predicted octanol–water partition coefficient (Wildman–Crippen LogP) is 1.08. The highest BCUT2D eigenvalue weighted by Gasteiger charge is 1.99. The fourth-order valence-corrected chi connectivity index (χ4v) is 1.08. The average Bonchev–Trinajstić information content (AvgIpc) is 2.68. The SMILES string of the molecule is ON=Cc1cnn(-c2ccccc2)n1. The molecule has 2 rings (SSSR count). The van der Waals surface area contributed by atoms with Crippen molar-refractivity contribution in [3.8, 4) is 5.69 Å². The summed E-state index contributed by atoms with van der Waals surface area (Å²) >= 11 is 0. The lowest BCUT2D eigenvalue weighted by Gasteiger charge is -1.96. The molecule has 0 aliphatic carbocycles. The molecule has 5 nitrogen and oxygen atoms in total. The van der Waals surface area contributed by atoms with E-state index in [2.05, 4.69) is 15.4 Å². The molecule has 5 heteroatoms. The van der Waals surface area contributed by atoms with E-state index >= 15 is 0 Å². The standard InChI is InChI=1S/C9H8N4O/c14-11-7-8-6-10-13(12-8)9-4-2-1-3-5-9/h1-7,14H. The highest BCUT2D eigenvalue weighted by atomic mass is 16.4. The van der Waals surface area contributed by atoms with Crippen molar-refractivity contribution in [1.82, 2.24) is 15.0 Å². The third-order valence-electron chi connectivity index (χ3n) is 1.69. The van der Waals surface area contributed by atoms with Crippen LogP contribution in [0.1, 0.15) is 5.69 Å². The largest absolute Gasteiger partial charge is 0.411 e. The summed E-state index contributed by atoms with van der Waals surface area (Å²) in [6.45, 7) is 0. The van der Waals surface area contributed by atoms with Gasteiger partial charge in [0.15, 0.2) is 0 Å². The maximum atomic E-state index is 8.29. The summed E-state index contributed by atoms with van der Waals surface area (Å²) in [4.78, 5) is 1.47. The van der Waals surface area contributed by atoms with E-state index in [1.807, 2.05) is 30.3 Å². The minimum atomic E-state index is 0.511. The Morgan fingerprint density at radius 2 is 2.07 bits per heavy atom. The van der Waals surface area contributed by atoms with Crippen LogP contribution in [0, 0.1) is 0 Å². The second-order valence-electron chi connectivity index (χ2n) is 2.64. The van der Waals surface area contributed by atoms with Gasteiger partial charge in [-0.3, -0.25) is 0 Å². The van der Waals surface area contributed by atoms with Crippen molar-refractivity contribution in [3.63, 3.8) is 0 Å². The van der Waals surface area contributed by atoms with E-state index in [0.29, 0.717) is 5.69 Å². The van der Waals surface area contributed by atoms with E-state index in [1.54, 1.807) is 0 Å². The van der Waals surface area contributed by atoms with E-state index in [0.717, 1.165) is 5.69 Å². The molecule has 1 heterocycles. The van der Waals surface area contributed by atoms with Gasteiger partial charge in [-0.05, 0) is 12.1 Å². The van der Waals surface area contributed by atoms with Crippen LogP contribution in [0.5, 0.6) is 0 Å². The summed E-state index contributed by atoms with van der Waals surface area (Å²) in [7, 11) is 0. The number of rotatable bonds is 2. The smallest absolute Gasteiger partial charge is 0.127 e. The lowest BCUT2D eigenvalue weighted by atomic mass is 10.3. The molecule has 1 aromatic carbocycles. The Hall–Kier alpha value is -2.17. The van der Waals surface area contributed by atoms with Gasteiger partial charge in [-0.15, -0.1) is 5.10 Å². The van der Waals surface area contributed by atoms with E-state index in [4.69, 9.17) is 5.21 Å². The molecule has 1 N–H and O–H groups in total. The lowest BCUT2D eigenvalue weighted by molar-refractivity contribution is 0.321. The monoisotopic (exact) mass is 188 g/mol. The molecule has 14 heavy (non-hydrogen) atoms. The Morgan fingerprint density at radius 1 is 1.29 bits per heavy atom. The zero-order valence-electron chi connectivity index (χ0n) is 7.28. The molecule has 0 amide bonds. The third-order valence-corrected chi connectivity index (χ3v) is 1.69. The van der Waals surface area contributed by atoms with Gasteiger partial charge in [0.1, 0.15) is 5.69 Å². The molecule has 0 fully saturated rings. The summed E-state index contributed by atoms with van der Waals surface area (Å²) in [5, 5.41) is 19.2. The van der Waals surface area contributed by atoms with E-state index in [9.17, 15) is 0 Å². The van der Waals surface area contributed by atoms with E-state index in [-0.39, 0.29) is 0 Å². The van der Waals surface area contributed by atoms with Crippen molar-refractivity contribution in [2.75, 3.05) is 0 Å². The molecule has 0 unspecified atom stereocenters. The van der Waals surface area contributed by atoms with Gasteiger partial charge in [0.25, 0.3) is 0 Å². The number of hydrogen-bond acceptors (Lipinski definition) is 4. The Balaban J connectivity index is 2.34. The van der Waals surface area contributed by atoms with Gasteiger partial charge in [0.05, 0.1) is 18.1 Å². The quantitative estimate of drug-likeness (QED) is 0.435. The fraction of sp³-hybridized carbons (Fsp3) is 0. The van der Waals surface area contributed by atoms with Crippen LogP contribution in [0.2, 0.25) is 0 Å². The molecule has 0 radical (unpaired) electrons. The predicted molar refractivity (Wildman–Crippen MR) is 50.7 cm³/mol. The Kier molecular flexibility index (Phi) is 2.22. The summed E-state index contributed by atoms with van der Waals surface area (Å²) in [6, 6.07) is 9.50. The van der Waals surface area contributed by atoms with E-state index in [1.165, 1.54) is 17.2 Å². The van der Waals surface area contributed by atoms with Crippen LogP contribution >= 0.6 is 0 Å². The Labute approximate surface area is 80.3 Å². The third kappa shape index (κ3) is 1.61. The number of oxime groups is 1. The maximum Gasteiger partial charge on any atom is 0.127 e. The van der Waals surface area contributed by atoms with Gasteiger partial charge >= 0.3 is 0 Å². The van der Waals surface area contributed by atoms with Crippen LogP contribution in [0.4, 0.5) is 0 Å². The van der Waals surface area contributed by atoms with Gasteiger partial charge in [0, 0.05) is 0 Å².